The molecule has 4 nitrogen and oxygen atoms in total. The van der Waals surface area contributed by atoms with Crippen LogP contribution in [0, 0.1) is 5.41 Å². The molecule has 2 atom stereocenters. The van der Waals surface area contributed by atoms with Crippen molar-refractivity contribution >= 4 is 0 Å². The SMILES string of the molecule is COc1cc(OC)c(C2C(N)C2(C)C)c(OC)c1. The molecular formula is C14H21NO3. The molecule has 0 aliphatic heterocycles. The van der Waals surface area contributed by atoms with Crippen LogP contribution in [0.5, 0.6) is 17.2 Å². The fraction of sp³-hybridized carbons (Fsp3) is 0.571. The second-order valence-electron chi connectivity index (χ2n) is 5.27. The summed E-state index contributed by atoms with van der Waals surface area (Å²) in [7, 11) is 4.93. The number of benzene rings is 1. The van der Waals surface area contributed by atoms with E-state index in [1.54, 1.807) is 21.3 Å². The zero-order valence-corrected chi connectivity index (χ0v) is 11.6. The molecule has 2 rings (SSSR count). The summed E-state index contributed by atoms with van der Waals surface area (Å²) in [6.07, 6.45) is 0. The topological polar surface area (TPSA) is 53.7 Å². The number of nitrogens with two attached hydrogens (primary N) is 1. The van der Waals surface area contributed by atoms with Gasteiger partial charge in [-0.1, -0.05) is 13.8 Å². The molecule has 0 saturated heterocycles. The minimum atomic E-state index is 0.0785. The summed E-state index contributed by atoms with van der Waals surface area (Å²) in [6.45, 7) is 4.32. The van der Waals surface area contributed by atoms with Gasteiger partial charge in [-0.05, 0) is 5.41 Å². The first-order valence-electron chi connectivity index (χ1n) is 6.02. The van der Waals surface area contributed by atoms with Crippen molar-refractivity contribution in [2.75, 3.05) is 21.3 Å². The van der Waals surface area contributed by atoms with Crippen LogP contribution in [0.2, 0.25) is 0 Å². The lowest BCUT2D eigenvalue weighted by Gasteiger charge is -2.16. The van der Waals surface area contributed by atoms with Crippen molar-refractivity contribution in [1.82, 2.24) is 0 Å². The Balaban J connectivity index is 2.52. The maximum absolute atomic E-state index is 6.15. The van der Waals surface area contributed by atoms with Gasteiger partial charge < -0.3 is 19.9 Å². The van der Waals surface area contributed by atoms with E-state index in [9.17, 15) is 0 Å². The Morgan fingerprint density at radius 3 is 1.72 bits per heavy atom. The maximum atomic E-state index is 6.15. The van der Waals surface area contributed by atoms with Crippen molar-refractivity contribution in [3.05, 3.63) is 17.7 Å². The Hall–Kier alpha value is -1.42. The molecule has 18 heavy (non-hydrogen) atoms. The van der Waals surface area contributed by atoms with Gasteiger partial charge in [0.15, 0.2) is 0 Å². The monoisotopic (exact) mass is 251 g/mol. The molecule has 0 aromatic heterocycles. The summed E-state index contributed by atoms with van der Waals surface area (Å²) in [5, 5.41) is 0. The lowest BCUT2D eigenvalue weighted by molar-refractivity contribution is 0.366. The van der Waals surface area contributed by atoms with Crippen molar-refractivity contribution in [3.63, 3.8) is 0 Å². The largest absolute Gasteiger partial charge is 0.496 e. The zero-order valence-electron chi connectivity index (χ0n) is 11.6. The van der Waals surface area contributed by atoms with Crippen LogP contribution in [0.1, 0.15) is 25.3 Å². The molecule has 100 valence electrons. The highest BCUT2D eigenvalue weighted by atomic mass is 16.5. The van der Waals surface area contributed by atoms with Gasteiger partial charge in [-0.15, -0.1) is 0 Å². The highest BCUT2D eigenvalue weighted by molar-refractivity contribution is 5.56. The quantitative estimate of drug-likeness (QED) is 0.891. The van der Waals surface area contributed by atoms with Crippen LogP contribution in [0.4, 0.5) is 0 Å². The Morgan fingerprint density at radius 1 is 1.00 bits per heavy atom. The van der Waals surface area contributed by atoms with Crippen LogP contribution in [0.15, 0.2) is 12.1 Å². The third kappa shape index (κ3) is 1.81. The predicted molar refractivity (Wildman–Crippen MR) is 70.6 cm³/mol. The number of hydrogen-bond acceptors (Lipinski definition) is 4. The van der Waals surface area contributed by atoms with Gasteiger partial charge in [-0.25, -0.2) is 0 Å². The molecule has 1 aromatic carbocycles. The maximum Gasteiger partial charge on any atom is 0.129 e. The third-order valence-electron chi connectivity index (χ3n) is 3.97. The Morgan fingerprint density at radius 2 is 1.44 bits per heavy atom. The Kier molecular flexibility index (Phi) is 3.15. The minimum Gasteiger partial charge on any atom is -0.496 e. The average molecular weight is 251 g/mol. The highest BCUT2D eigenvalue weighted by Crippen LogP contribution is 2.61. The fourth-order valence-corrected chi connectivity index (χ4v) is 2.57. The lowest BCUT2D eigenvalue weighted by Crippen LogP contribution is -2.06. The molecule has 0 spiro atoms. The molecule has 1 aliphatic carbocycles. The molecule has 0 heterocycles. The molecule has 4 heteroatoms. The molecule has 1 aliphatic rings. The van der Waals surface area contributed by atoms with Crippen molar-refractivity contribution in [3.8, 4) is 17.2 Å². The first-order chi connectivity index (χ1) is 8.47. The highest BCUT2D eigenvalue weighted by Gasteiger charge is 2.58. The van der Waals surface area contributed by atoms with E-state index in [2.05, 4.69) is 13.8 Å². The van der Waals surface area contributed by atoms with Crippen molar-refractivity contribution in [2.24, 2.45) is 11.1 Å². The van der Waals surface area contributed by atoms with Crippen molar-refractivity contribution < 1.29 is 14.2 Å². The van der Waals surface area contributed by atoms with Crippen molar-refractivity contribution in [2.45, 2.75) is 25.8 Å². The molecule has 1 aromatic rings. The predicted octanol–water partition coefficient (Wildman–Crippen LogP) is 2.16. The van der Waals surface area contributed by atoms with Gasteiger partial charge in [-0.3, -0.25) is 0 Å². The van der Waals surface area contributed by atoms with E-state index < -0.39 is 0 Å². The van der Waals surface area contributed by atoms with E-state index in [4.69, 9.17) is 19.9 Å². The second kappa shape index (κ2) is 4.35. The molecular weight excluding hydrogens is 230 g/mol. The number of ether oxygens (including phenoxy) is 3. The van der Waals surface area contributed by atoms with Crippen LogP contribution < -0.4 is 19.9 Å². The average Bonchev–Trinajstić information content (AvgIpc) is 2.86. The van der Waals surface area contributed by atoms with Crippen LogP contribution in [-0.4, -0.2) is 27.4 Å². The lowest BCUT2D eigenvalue weighted by atomic mass is 10.0. The summed E-state index contributed by atoms with van der Waals surface area (Å²) in [5.41, 5.74) is 7.27. The standard InChI is InChI=1S/C14H21NO3/c1-14(2)12(13(14)15)11-9(17-4)6-8(16-3)7-10(11)18-5/h6-7,12-13H,15H2,1-5H3. The Labute approximate surface area is 108 Å². The molecule has 0 bridgehead atoms. The molecule has 1 fully saturated rings. The van der Waals surface area contributed by atoms with Gasteiger partial charge in [-0.2, -0.15) is 0 Å². The van der Waals surface area contributed by atoms with Crippen LogP contribution >= 0.6 is 0 Å². The molecule has 0 amide bonds. The number of hydrogen-bond donors (Lipinski definition) is 1. The van der Waals surface area contributed by atoms with E-state index in [1.807, 2.05) is 12.1 Å². The number of rotatable bonds is 4. The normalized spacial score (nSPS) is 24.6. The van der Waals surface area contributed by atoms with Crippen LogP contribution in [0.25, 0.3) is 0 Å². The fourth-order valence-electron chi connectivity index (χ4n) is 2.57. The van der Waals surface area contributed by atoms with E-state index in [1.165, 1.54) is 0 Å². The van der Waals surface area contributed by atoms with Gasteiger partial charge in [0.2, 0.25) is 0 Å². The third-order valence-corrected chi connectivity index (χ3v) is 3.97. The molecule has 1 saturated carbocycles. The first-order valence-corrected chi connectivity index (χ1v) is 6.02. The van der Waals surface area contributed by atoms with Gasteiger partial charge in [0, 0.05) is 29.7 Å². The molecule has 0 radical (unpaired) electrons. The summed E-state index contributed by atoms with van der Waals surface area (Å²) in [4.78, 5) is 0. The Bertz CT molecular complexity index is 431. The first kappa shape index (κ1) is 13.0. The van der Waals surface area contributed by atoms with Gasteiger partial charge >= 0.3 is 0 Å². The molecule has 2 N–H and O–H groups in total. The van der Waals surface area contributed by atoms with Gasteiger partial charge in [0.05, 0.1) is 21.3 Å². The van der Waals surface area contributed by atoms with Crippen LogP contribution in [-0.2, 0) is 0 Å². The van der Waals surface area contributed by atoms with Gasteiger partial charge in [0.1, 0.15) is 17.2 Å². The summed E-state index contributed by atoms with van der Waals surface area (Å²) in [5.74, 6) is 2.53. The number of methoxy groups -OCH3 is 3. The van der Waals surface area contributed by atoms with Gasteiger partial charge in [0.25, 0.3) is 0 Å². The van der Waals surface area contributed by atoms with E-state index >= 15 is 0 Å². The van der Waals surface area contributed by atoms with Crippen molar-refractivity contribution in [1.29, 1.82) is 0 Å². The van der Waals surface area contributed by atoms with Crippen LogP contribution in [0.3, 0.4) is 0 Å². The summed E-state index contributed by atoms with van der Waals surface area (Å²) in [6, 6.07) is 3.88. The van der Waals surface area contributed by atoms with E-state index in [0.29, 0.717) is 0 Å². The molecule has 2 unspecified atom stereocenters. The zero-order chi connectivity index (χ0) is 13.5. The summed E-state index contributed by atoms with van der Waals surface area (Å²) < 4.78 is 16.2. The minimum absolute atomic E-state index is 0.0785. The van der Waals surface area contributed by atoms with E-state index in [-0.39, 0.29) is 17.4 Å². The van der Waals surface area contributed by atoms with E-state index in [0.717, 1.165) is 22.8 Å². The summed E-state index contributed by atoms with van der Waals surface area (Å²) >= 11 is 0. The smallest absolute Gasteiger partial charge is 0.129 e. The second-order valence-corrected chi connectivity index (χ2v) is 5.27.